The average molecular weight is 327 g/mol. The number of hydrogen-bond donors (Lipinski definition) is 1. The molecule has 0 radical (unpaired) electrons. The van der Waals surface area contributed by atoms with E-state index in [1.165, 1.54) is 10.5 Å². The normalized spacial score (nSPS) is 11.3. The van der Waals surface area contributed by atoms with Crippen molar-refractivity contribution in [3.05, 3.63) is 46.4 Å². The maximum Gasteiger partial charge on any atom is 0.344 e. The zero-order chi connectivity index (χ0) is 17.4. The first-order valence-corrected chi connectivity index (χ1v) is 7.78. The lowest BCUT2D eigenvalue weighted by Gasteiger charge is -2.14. The van der Waals surface area contributed by atoms with Gasteiger partial charge in [-0.25, -0.2) is 9.36 Å². The number of aromatic nitrogens is 3. The van der Waals surface area contributed by atoms with Crippen LogP contribution in [0, 0.1) is 0 Å². The molecule has 0 aromatic carbocycles. The molecule has 3 aromatic rings. The Bertz CT molecular complexity index is 1010. The standard InChI is InChI=1S/C17H18N4O3/c1-4-24-17(23)11-9-12-15(21(10(2)3)14(11)18)19-13-7-5-6-8-20(13)16(12)22/h5-10,18H,4H2,1-3H3/p+1. The van der Waals surface area contributed by atoms with Crippen LogP contribution in [-0.4, -0.2) is 22.0 Å². The molecule has 0 saturated carbocycles. The minimum atomic E-state index is -0.552. The number of hydrogen-bond acceptors (Lipinski definition) is 5. The van der Waals surface area contributed by atoms with Crippen LogP contribution >= 0.6 is 0 Å². The van der Waals surface area contributed by atoms with Gasteiger partial charge in [-0.3, -0.25) is 9.20 Å². The van der Waals surface area contributed by atoms with E-state index >= 15 is 0 Å². The van der Waals surface area contributed by atoms with Crippen molar-refractivity contribution in [2.24, 2.45) is 0 Å². The van der Waals surface area contributed by atoms with Crippen LogP contribution in [0.3, 0.4) is 0 Å². The Morgan fingerprint density at radius 1 is 1.42 bits per heavy atom. The van der Waals surface area contributed by atoms with Gasteiger partial charge in [0, 0.05) is 6.20 Å². The quantitative estimate of drug-likeness (QED) is 0.447. The van der Waals surface area contributed by atoms with E-state index in [1.54, 1.807) is 29.8 Å². The molecule has 0 saturated heterocycles. The Kier molecular flexibility index (Phi) is 3.92. The zero-order valence-electron chi connectivity index (χ0n) is 13.8. The third-order valence-electron chi connectivity index (χ3n) is 3.81. The van der Waals surface area contributed by atoms with Gasteiger partial charge in [0.25, 0.3) is 11.2 Å². The molecule has 0 bridgehead atoms. The monoisotopic (exact) mass is 327 g/mol. The molecule has 0 spiro atoms. The number of rotatable bonds is 3. The van der Waals surface area contributed by atoms with E-state index in [0.717, 1.165) is 0 Å². The number of nitrogens with two attached hydrogens (primary N) is 1. The summed E-state index contributed by atoms with van der Waals surface area (Å²) in [5.74, 6) is -0.313. The van der Waals surface area contributed by atoms with Crippen LogP contribution in [0.1, 0.15) is 37.2 Å². The Labute approximate surface area is 138 Å². The Hall–Kier alpha value is -2.96. The first-order valence-electron chi connectivity index (χ1n) is 7.78. The summed E-state index contributed by atoms with van der Waals surface area (Å²) in [6.45, 7) is 5.78. The van der Waals surface area contributed by atoms with E-state index in [0.29, 0.717) is 16.7 Å². The number of ether oxygens (including phenoxy) is 1. The third-order valence-corrected chi connectivity index (χ3v) is 3.81. The van der Waals surface area contributed by atoms with Crippen molar-refractivity contribution in [2.45, 2.75) is 26.8 Å². The van der Waals surface area contributed by atoms with Gasteiger partial charge in [0.05, 0.1) is 12.6 Å². The summed E-state index contributed by atoms with van der Waals surface area (Å²) in [5, 5.41) is 0.324. The van der Waals surface area contributed by atoms with Crippen LogP contribution in [-0.2, 0) is 4.74 Å². The number of nitrogens with zero attached hydrogens (tertiary/aromatic N) is 3. The topological polar surface area (TPSA) is 90.6 Å². The van der Waals surface area contributed by atoms with Crippen molar-refractivity contribution in [2.75, 3.05) is 12.3 Å². The minimum Gasteiger partial charge on any atom is -0.462 e. The molecule has 3 heterocycles. The van der Waals surface area contributed by atoms with Crippen molar-refractivity contribution < 1.29 is 14.1 Å². The molecule has 124 valence electrons. The molecule has 0 amide bonds. The molecule has 3 rings (SSSR count). The number of fused-ring (bicyclic) bond motifs is 2. The van der Waals surface area contributed by atoms with Gasteiger partial charge in [-0.05, 0) is 39.0 Å². The third kappa shape index (κ3) is 2.38. The van der Waals surface area contributed by atoms with Crippen LogP contribution in [0.4, 0.5) is 5.82 Å². The second-order valence-corrected chi connectivity index (χ2v) is 5.71. The van der Waals surface area contributed by atoms with Gasteiger partial charge in [-0.15, -0.1) is 0 Å². The molecular weight excluding hydrogens is 308 g/mol. The Morgan fingerprint density at radius 3 is 2.83 bits per heavy atom. The van der Waals surface area contributed by atoms with Crippen LogP contribution in [0.15, 0.2) is 35.3 Å². The summed E-state index contributed by atoms with van der Waals surface area (Å²) < 4.78 is 8.19. The highest BCUT2D eigenvalue weighted by molar-refractivity contribution is 5.96. The van der Waals surface area contributed by atoms with Crippen LogP contribution in [0.5, 0.6) is 0 Å². The summed E-state index contributed by atoms with van der Waals surface area (Å²) in [7, 11) is 0. The van der Waals surface area contributed by atoms with Gasteiger partial charge in [0.2, 0.25) is 11.5 Å². The lowest BCUT2D eigenvalue weighted by atomic mass is 10.1. The summed E-state index contributed by atoms with van der Waals surface area (Å²) >= 11 is 0. The van der Waals surface area contributed by atoms with Gasteiger partial charge < -0.3 is 10.5 Å². The molecule has 2 N–H and O–H groups in total. The Balaban J connectivity index is 2.48. The lowest BCUT2D eigenvalue weighted by Crippen LogP contribution is -2.43. The first kappa shape index (κ1) is 15.9. The van der Waals surface area contributed by atoms with Crippen molar-refractivity contribution >= 4 is 28.5 Å². The molecule has 0 aliphatic heterocycles. The minimum absolute atomic E-state index is 0.0834. The highest BCUT2D eigenvalue weighted by Crippen LogP contribution is 2.17. The predicted octanol–water partition coefficient (Wildman–Crippen LogP) is 1.47. The van der Waals surface area contributed by atoms with Crippen molar-refractivity contribution in [1.29, 1.82) is 0 Å². The van der Waals surface area contributed by atoms with Crippen molar-refractivity contribution in [1.82, 2.24) is 9.38 Å². The van der Waals surface area contributed by atoms with E-state index in [2.05, 4.69) is 4.98 Å². The number of anilines is 1. The fourth-order valence-corrected chi connectivity index (χ4v) is 2.76. The molecule has 0 aliphatic carbocycles. The van der Waals surface area contributed by atoms with E-state index in [-0.39, 0.29) is 29.6 Å². The molecule has 24 heavy (non-hydrogen) atoms. The molecular formula is C17H19N4O3+. The average Bonchev–Trinajstić information content (AvgIpc) is 2.54. The summed E-state index contributed by atoms with van der Waals surface area (Å²) in [6.07, 6.45) is 1.64. The van der Waals surface area contributed by atoms with E-state index in [1.807, 2.05) is 19.9 Å². The highest BCUT2D eigenvalue weighted by atomic mass is 16.5. The SMILES string of the molecule is CCOC(=O)c1cc2c(=O)n3ccccc3nc2[n+](C(C)C)c1N. The summed E-state index contributed by atoms with van der Waals surface area (Å²) in [6, 6.07) is 6.70. The first-order chi connectivity index (χ1) is 11.5. The largest absolute Gasteiger partial charge is 0.462 e. The molecule has 7 heteroatoms. The molecule has 0 aliphatic rings. The number of pyridine rings is 2. The second kappa shape index (κ2) is 5.92. The number of carbonyl (C=O) groups is 1. The van der Waals surface area contributed by atoms with E-state index in [9.17, 15) is 9.59 Å². The van der Waals surface area contributed by atoms with Gasteiger partial charge in [-0.2, -0.15) is 0 Å². The fraction of sp³-hybridized carbons (Fsp3) is 0.294. The van der Waals surface area contributed by atoms with Gasteiger partial charge in [0.1, 0.15) is 10.9 Å². The molecule has 0 unspecified atom stereocenters. The summed E-state index contributed by atoms with van der Waals surface area (Å²) in [5.41, 5.74) is 7.08. The predicted molar refractivity (Wildman–Crippen MR) is 89.9 cm³/mol. The van der Waals surface area contributed by atoms with Crippen LogP contribution in [0.2, 0.25) is 0 Å². The summed E-state index contributed by atoms with van der Waals surface area (Å²) in [4.78, 5) is 29.6. The smallest absolute Gasteiger partial charge is 0.344 e. The van der Waals surface area contributed by atoms with Crippen molar-refractivity contribution in [3.8, 4) is 0 Å². The van der Waals surface area contributed by atoms with Crippen LogP contribution in [0.25, 0.3) is 16.7 Å². The molecule has 0 atom stereocenters. The lowest BCUT2D eigenvalue weighted by molar-refractivity contribution is -0.679. The fourth-order valence-electron chi connectivity index (χ4n) is 2.76. The maximum atomic E-state index is 12.8. The van der Waals surface area contributed by atoms with Gasteiger partial charge >= 0.3 is 5.97 Å². The zero-order valence-corrected chi connectivity index (χ0v) is 13.8. The Morgan fingerprint density at radius 2 is 2.17 bits per heavy atom. The highest BCUT2D eigenvalue weighted by Gasteiger charge is 2.26. The molecule has 7 nitrogen and oxygen atoms in total. The second-order valence-electron chi connectivity index (χ2n) is 5.71. The van der Waals surface area contributed by atoms with Crippen LogP contribution < -0.4 is 15.9 Å². The van der Waals surface area contributed by atoms with Crippen molar-refractivity contribution in [3.63, 3.8) is 0 Å². The van der Waals surface area contributed by atoms with Gasteiger partial charge in [-0.1, -0.05) is 11.1 Å². The number of esters is 1. The van der Waals surface area contributed by atoms with E-state index < -0.39 is 5.97 Å². The van der Waals surface area contributed by atoms with E-state index in [4.69, 9.17) is 10.5 Å². The molecule has 3 aromatic heterocycles. The number of carbonyl (C=O) groups excluding carboxylic acids is 1. The number of nitrogen functional groups attached to an aromatic ring is 1. The van der Waals surface area contributed by atoms with Gasteiger partial charge in [0.15, 0.2) is 0 Å². The maximum absolute atomic E-state index is 12.8. The molecule has 0 fully saturated rings.